The molecule has 1 N–H and O–H groups in total. The summed E-state index contributed by atoms with van der Waals surface area (Å²) in [7, 11) is 3.02. The third-order valence-corrected chi connectivity index (χ3v) is 6.86. The van der Waals surface area contributed by atoms with E-state index in [-0.39, 0.29) is 23.8 Å². The lowest BCUT2D eigenvalue weighted by Crippen LogP contribution is -2.48. The highest BCUT2D eigenvalue weighted by molar-refractivity contribution is 5.87. The zero-order valence-corrected chi connectivity index (χ0v) is 26.0. The van der Waals surface area contributed by atoms with Crippen LogP contribution in [0.15, 0.2) is 48.5 Å². The molecule has 3 aromatic carbocycles. The number of rotatable bonds is 14. The number of carbonyl (C=O) groups excluding carboxylic acids is 2. The van der Waals surface area contributed by atoms with Crippen LogP contribution in [0.3, 0.4) is 0 Å². The smallest absolute Gasteiger partial charge is 0.471 e. The van der Waals surface area contributed by atoms with Crippen molar-refractivity contribution in [3.8, 4) is 23.0 Å². The van der Waals surface area contributed by atoms with Gasteiger partial charge in [0.25, 0.3) is 5.75 Å². The van der Waals surface area contributed by atoms with Crippen LogP contribution in [0, 0.1) is 20.2 Å². The molecule has 0 aliphatic carbocycles. The number of nitrogens with zero attached hydrogens (tertiary/aromatic N) is 2. The molecule has 0 radical (unpaired) electrons. The molecular weight excluding hydrogens is 631 g/mol. The number of amides is 1. The van der Waals surface area contributed by atoms with E-state index < -0.39 is 57.5 Å². The van der Waals surface area contributed by atoms with Gasteiger partial charge in [0.2, 0.25) is 0 Å². The van der Waals surface area contributed by atoms with Crippen LogP contribution >= 0.6 is 0 Å². The normalized spacial score (nSPS) is 11.9. The Balaban J connectivity index is 2.04. The van der Waals surface area contributed by atoms with Crippen LogP contribution in [-0.4, -0.2) is 54.8 Å². The number of nitrogens with one attached hydrogen (secondary N) is 1. The van der Waals surface area contributed by atoms with E-state index in [0.29, 0.717) is 23.5 Å². The Morgan fingerprint density at radius 2 is 1.49 bits per heavy atom. The van der Waals surface area contributed by atoms with E-state index in [0.717, 1.165) is 23.3 Å². The first kappa shape index (κ1) is 36.1. The second-order valence-electron chi connectivity index (χ2n) is 10.4. The quantitative estimate of drug-likeness (QED) is 0.119. The summed E-state index contributed by atoms with van der Waals surface area (Å²) in [5, 5.41) is 25.6. The number of esters is 1. The fourth-order valence-corrected chi connectivity index (χ4v) is 4.70. The lowest BCUT2D eigenvalue weighted by atomic mass is 9.96. The number of carbonyl (C=O) groups is 2. The van der Waals surface area contributed by atoms with Crippen LogP contribution in [0.4, 0.5) is 24.5 Å². The van der Waals surface area contributed by atoms with Crippen molar-refractivity contribution in [2.24, 2.45) is 0 Å². The topological polar surface area (TPSA) is 169 Å². The van der Waals surface area contributed by atoms with Gasteiger partial charge in [0.15, 0.2) is 0 Å². The summed E-state index contributed by atoms with van der Waals surface area (Å²) < 4.78 is 60.1. The molecule has 0 heterocycles. The standard InChI is InChI=1S/C31H32F3N3O10/c1-6-46-29(38)23(35-30(39)31(32,33)34)13-19-14-24(36(40)41)28(25(15-19)37(42)43)47-21-8-10-26(44-4)20(16-21)11-18-7-9-27(45-5)22(12-18)17(2)3/h7-10,12,14-17,23H,6,11,13H2,1-5H3,(H,35,39)/t23-/m0/s1. The van der Waals surface area contributed by atoms with Gasteiger partial charge in [-0.25, -0.2) is 4.79 Å². The molecule has 0 spiro atoms. The molecule has 13 nitrogen and oxygen atoms in total. The zero-order chi connectivity index (χ0) is 35.1. The third-order valence-electron chi connectivity index (χ3n) is 6.86. The van der Waals surface area contributed by atoms with E-state index in [4.69, 9.17) is 18.9 Å². The summed E-state index contributed by atoms with van der Waals surface area (Å²) in [6.45, 7) is 5.13. The van der Waals surface area contributed by atoms with E-state index in [1.807, 2.05) is 32.0 Å². The first-order chi connectivity index (χ1) is 22.1. The predicted octanol–water partition coefficient (Wildman–Crippen LogP) is 6.18. The molecule has 1 amide bonds. The molecule has 0 bridgehead atoms. The maximum Gasteiger partial charge on any atom is 0.471 e. The minimum Gasteiger partial charge on any atom is -0.496 e. The molecule has 47 heavy (non-hydrogen) atoms. The lowest BCUT2D eigenvalue weighted by Gasteiger charge is -2.18. The van der Waals surface area contributed by atoms with Crippen LogP contribution in [0.1, 0.15) is 48.9 Å². The van der Waals surface area contributed by atoms with Gasteiger partial charge in [-0.2, -0.15) is 13.2 Å². The summed E-state index contributed by atoms with van der Waals surface area (Å²) in [4.78, 5) is 46.1. The fourth-order valence-electron chi connectivity index (χ4n) is 4.70. The number of nitro benzene ring substituents is 2. The van der Waals surface area contributed by atoms with E-state index in [2.05, 4.69) is 0 Å². The van der Waals surface area contributed by atoms with Gasteiger partial charge in [0, 0.05) is 30.5 Å². The predicted molar refractivity (Wildman–Crippen MR) is 161 cm³/mol. The lowest BCUT2D eigenvalue weighted by molar-refractivity contribution is -0.395. The molecule has 0 aliphatic heterocycles. The van der Waals surface area contributed by atoms with Crippen LogP contribution in [-0.2, 0) is 27.2 Å². The Morgan fingerprint density at radius 1 is 0.894 bits per heavy atom. The number of benzene rings is 3. The minimum atomic E-state index is -5.36. The van der Waals surface area contributed by atoms with Crippen molar-refractivity contribution in [2.75, 3.05) is 20.8 Å². The highest BCUT2D eigenvalue weighted by Gasteiger charge is 2.41. The summed E-state index contributed by atoms with van der Waals surface area (Å²) in [6.07, 6.45) is -5.83. The van der Waals surface area contributed by atoms with Crippen molar-refractivity contribution in [2.45, 2.75) is 51.7 Å². The number of halogens is 3. The average molecular weight is 664 g/mol. The van der Waals surface area contributed by atoms with Crippen molar-refractivity contribution in [1.29, 1.82) is 0 Å². The summed E-state index contributed by atoms with van der Waals surface area (Å²) >= 11 is 0. The van der Waals surface area contributed by atoms with Gasteiger partial charge in [0.05, 0.1) is 30.7 Å². The maximum absolute atomic E-state index is 12.9. The van der Waals surface area contributed by atoms with Crippen molar-refractivity contribution in [1.82, 2.24) is 5.32 Å². The summed E-state index contributed by atoms with van der Waals surface area (Å²) in [5.41, 5.74) is 0.295. The molecule has 0 aromatic heterocycles. The van der Waals surface area contributed by atoms with Gasteiger partial charge in [-0.15, -0.1) is 0 Å². The van der Waals surface area contributed by atoms with Crippen LogP contribution in [0.25, 0.3) is 0 Å². The number of alkyl halides is 3. The average Bonchev–Trinajstić information content (AvgIpc) is 3.00. The second kappa shape index (κ2) is 15.2. The van der Waals surface area contributed by atoms with Crippen molar-refractivity contribution >= 4 is 23.3 Å². The Hall–Kier alpha value is -5.41. The number of hydrogen-bond donors (Lipinski definition) is 1. The number of ether oxygens (including phenoxy) is 4. The molecule has 3 aromatic rings. The Bertz CT molecular complexity index is 1630. The molecule has 0 fully saturated rings. The Kier molecular flexibility index (Phi) is 11.7. The van der Waals surface area contributed by atoms with Gasteiger partial charge in [-0.05, 0) is 53.8 Å². The molecule has 1 atom stereocenters. The molecule has 0 aliphatic rings. The molecule has 252 valence electrons. The monoisotopic (exact) mass is 663 g/mol. The summed E-state index contributed by atoms with van der Waals surface area (Å²) in [5.74, 6) is -3.21. The molecule has 0 saturated heterocycles. The fraction of sp³-hybridized carbons (Fsp3) is 0.355. The zero-order valence-electron chi connectivity index (χ0n) is 26.0. The van der Waals surface area contributed by atoms with Gasteiger partial charge in [-0.1, -0.05) is 26.0 Å². The van der Waals surface area contributed by atoms with Gasteiger partial charge in [0.1, 0.15) is 23.3 Å². The SMILES string of the molecule is CCOC(=O)[C@H](Cc1cc([N+](=O)[O-])c(Oc2ccc(OC)c(Cc3ccc(OC)c(C(C)C)c3)c2)c([N+](=O)[O-])c1)NC(=O)C(F)(F)F. The number of methoxy groups -OCH3 is 2. The highest BCUT2D eigenvalue weighted by atomic mass is 19.4. The van der Waals surface area contributed by atoms with E-state index in [1.165, 1.54) is 37.5 Å². The van der Waals surface area contributed by atoms with Gasteiger partial charge < -0.3 is 24.3 Å². The highest BCUT2D eigenvalue weighted by Crippen LogP contribution is 2.42. The van der Waals surface area contributed by atoms with Crippen molar-refractivity contribution in [3.05, 3.63) is 91.0 Å². The van der Waals surface area contributed by atoms with Crippen molar-refractivity contribution < 1.29 is 51.6 Å². The van der Waals surface area contributed by atoms with Crippen molar-refractivity contribution in [3.63, 3.8) is 0 Å². The molecule has 0 saturated carbocycles. The van der Waals surface area contributed by atoms with E-state index in [9.17, 15) is 43.0 Å². The Labute approximate surface area is 266 Å². The van der Waals surface area contributed by atoms with Gasteiger partial charge >= 0.3 is 29.4 Å². The molecular formula is C31H32F3N3O10. The van der Waals surface area contributed by atoms with E-state index in [1.54, 1.807) is 7.11 Å². The van der Waals surface area contributed by atoms with Gasteiger partial charge in [-0.3, -0.25) is 25.0 Å². The first-order valence-corrected chi connectivity index (χ1v) is 14.1. The molecule has 16 heteroatoms. The van der Waals surface area contributed by atoms with E-state index >= 15 is 0 Å². The Morgan fingerprint density at radius 3 is 2.00 bits per heavy atom. The summed E-state index contributed by atoms with van der Waals surface area (Å²) in [6, 6.07) is 9.71. The largest absolute Gasteiger partial charge is 0.496 e. The molecule has 3 rings (SSSR count). The minimum absolute atomic E-state index is 0.0146. The maximum atomic E-state index is 12.9. The van der Waals surface area contributed by atoms with Crippen LogP contribution in [0.2, 0.25) is 0 Å². The number of nitro groups is 2. The first-order valence-electron chi connectivity index (χ1n) is 14.1. The third kappa shape index (κ3) is 9.08. The van der Waals surface area contributed by atoms with Crippen LogP contribution < -0.4 is 19.5 Å². The van der Waals surface area contributed by atoms with Crippen LogP contribution in [0.5, 0.6) is 23.0 Å². The molecule has 0 unspecified atom stereocenters. The number of hydrogen-bond acceptors (Lipinski definition) is 10. The second-order valence-corrected chi connectivity index (χ2v) is 10.4.